The number of rotatable bonds is 5. The summed E-state index contributed by atoms with van der Waals surface area (Å²) in [5.74, 6) is -0.0484. The maximum atomic E-state index is 12.2. The molecule has 1 aliphatic heterocycles. The minimum absolute atomic E-state index is 0.0484. The van der Waals surface area contributed by atoms with E-state index in [0.29, 0.717) is 18.2 Å². The van der Waals surface area contributed by atoms with Gasteiger partial charge in [-0.05, 0) is 42.5 Å². The van der Waals surface area contributed by atoms with Gasteiger partial charge >= 0.3 is 0 Å². The van der Waals surface area contributed by atoms with Gasteiger partial charge in [0, 0.05) is 44.1 Å². The Bertz CT molecular complexity index is 881. The first-order valence-electron chi connectivity index (χ1n) is 8.76. The van der Waals surface area contributed by atoms with Crippen LogP contribution in [0.15, 0.2) is 42.9 Å². The molecule has 1 unspecified atom stereocenters. The van der Waals surface area contributed by atoms with Crippen molar-refractivity contribution < 1.29 is 4.79 Å². The average molecular weight is 337 g/mol. The second-order valence-corrected chi connectivity index (χ2v) is 6.78. The zero-order chi connectivity index (χ0) is 17.2. The molecule has 3 heterocycles. The maximum absolute atomic E-state index is 12.2. The zero-order valence-electron chi connectivity index (χ0n) is 14.4. The maximum Gasteiger partial charge on any atom is 0.254 e. The highest BCUT2D eigenvalue weighted by Crippen LogP contribution is 2.21. The molecule has 0 radical (unpaired) electrons. The highest BCUT2D eigenvalue weighted by atomic mass is 16.1. The molecule has 0 saturated carbocycles. The Kier molecular flexibility index (Phi) is 4.28. The number of carbonyl (C=O) groups is 1. The summed E-state index contributed by atoms with van der Waals surface area (Å²) in [6.07, 6.45) is 7.62. The van der Waals surface area contributed by atoms with Crippen molar-refractivity contribution in [2.24, 2.45) is 7.05 Å². The van der Waals surface area contributed by atoms with Gasteiger partial charge in [-0.25, -0.2) is 0 Å². The topological polar surface area (TPSA) is 66.0 Å². The van der Waals surface area contributed by atoms with Crippen molar-refractivity contribution in [2.75, 3.05) is 13.1 Å². The van der Waals surface area contributed by atoms with Crippen LogP contribution in [-0.4, -0.2) is 44.7 Å². The molecule has 2 N–H and O–H groups in total. The molecule has 3 aromatic rings. The Hall–Kier alpha value is -2.60. The summed E-state index contributed by atoms with van der Waals surface area (Å²) in [5.41, 5.74) is 3.10. The smallest absolute Gasteiger partial charge is 0.254 e. The number of nitrogens with one attached hydrogen (secondary N) is 2. The van der Waals surface area contributed by atoms with Crippen LogP contribution in [0.5, 0.6) is 0 Å². The number of likely N-dealkylation sites (tertiary alicyclic amines) is 1. The number of carbonyl (C=O) groups excluding carboxylic acids is 1. The van der Waals surface area contributed by atoms with Crippen LogP contribution >= 0.6 is 0 Å². The molecular formula is C19H23N5O. The van der Waals surface area contributed by atoms with Gasteiger partial charge in [0.1, 0.15) is 0 Å². The lowest BCUT2D eigenvalue weighted by atomic mass is 10.1. The third kappa shape index (κ3) is 3.44. The highest BCUT2D eigenvalue weighted by Gasteiger charge is 2.25. The van der Waals surface area contributed by atoms with Crippen molar-refractivity contribution in [1.82, 2.24) is 25.0 Å². The number of aromatic nitrogens is 3. The lowest BCUT2D eigenvalue weighted by Gasteiger charge is -2.24. The molecule has 1 aliphatic rings. The molecule has 130 valence electrons. The first-order chi connectivity index (χ1) is 12.2. The number of hydrogen-bond donors (Lipinski definition) is 2. The summed E-state index contributed by atoms with van der Waals surface area (Å²) in [7, 11) is 1.82. The summed E-state index contributed by atoms with van der Waals surface area (Å²) >= 11 is 0. The van der Waals surface area contributed by atoms with Gasteiger partial charge in [-0.3, -0.25) is 14.4 Å². The number of aryl methyl sites for hydroxylation is 1. The molecule has 0 spiro atoms. The summed E-state index contributed by atoms with van der Waals surface area (Å²) in [6, 6.07) is 9.06. The summed E-state index contributed by atoms with van der Waals surface area (Å²) < 4.78 is 1.65. The van der Waals surface area contributed by atoms with E-state index >= 15 is 0 Å². The van der Waals surface area contributed by atoms with Gasteiger partial charge in [-0.2, -0.15) is 5.10 Å². The van der Waals surface area contributed by atoms with Crippen molar-refractivity contribution in [3.63, 3.8) is 0 Å². The minimum Gasteiger partial charge on any atom is -0.361 e. The predicted octanol–water partition coefficient (Wildman–Crippen LogP) is 2.30. The van der Waals surface area contributed by atoms with Crippen molar-refractivity contribution in [2.45, 2.75) is 25.4 Å². The number of amides is 1. The second kappa shape index (κ2) is 6.72. The fraction of sp³-hybridized carbons (Fsp3) is 0.368. The molecule has 4 rings (SSSR count). The van der Waals surface area contributed by atoms with Crippen LogP contribution in [0.3, 0.4) is 0 Å². The molecule has 0 aliphatic carbocycles. The third-order valence-corrected chi connectivity index (χ3v) is 4.97. The summed E-state index contributed by atoms with van der Waals surface area (Å²) in [6.45, 7) is 2.68. The van der Waals surface area contributed by atoms with E-state index < -0.39 is 0 Å². The van der Waals surface area contributed by atoms with Gasteiger partial charge in [-0.1, -0.05) is 12.1 Å². The molecular weight excluding hydrogens is 314 g/mol. The normalized spacial score (nSPS) is 18.0. The molecule has 6 heteroatoms. The molecule has 1 amide bonds. The van der Waals surface area contributed by atoms with Gasteiger partial charge in [0.15, 0.2) is 0 Å². The van der Waals surface area contributed by atoms with Crippen LogP contribution in [0, 0.1) is 0 Å². The number of H-pyrrole nitrogens is 1. The van der Waals surface area contributed by atoms with Crippen LogP contribution in [0.4, 0.5) is 0 Å². The van der Waals surface area contributed by atoms with Crippen molar-refractivity contribution in [3.8, 4) is 0 Å². The number of nitrogens with zero attached hydrogens (tertiary/aromatic N) is 3. The fourth-order valence-electron chi connectivity index (χ4n) is 3.61. The molecule has 0 bridgehead atoms. The standard InChI is InChI=1S/C19H23N5O/c1-23-13-16(10-22-23)19(25)21-11-17-3-2-8-24(17)12-14-4-5-15-6-7-20-18(15)9-14/h4-7,9-10,13,17,20H,2-3,8,11-12H2,1H3,(H,21,25). The Labute approximate surface area is 146 Å². The van der Waals surface area contributed by atoms with E-state index in [4.69, 9.17) is 0 Å². The Morgan fingerprint density at radius 3 is 3.16 bits per heavy atom. The molecule has 6 nitrogen and oxygen atoms in total. The van der Waals surface area contributed by atoms with E-state index in [1.54, 1.807) is 17.1 Å². The van der Waals surface area contributed by atoms with Crippen molar-refractivity contribution in [3.05, 3.63) is 54.0 Å². The lowest BCUT2D eigenvalue weighted by Crippen LogP contribution is -2.39. The van der Waals surface area contributed by atoms with Gasteiger partial charge < -0.3 is 10.3 Å². The molecule has 2 aromatic heterocycles. The summed E-state index contributed by atoms with van der Waals surface area (Å²) in [5, 5.41) is 8.35. The first-order valence-corrected chi connectivity index (χ1v) is 8.76. The highest BCUT2D eigenvalue weighted by molar-refractivity contribution is 5.93. The second-order valence-electron chi connectivity index (χ2n) is 6.78. The van der Waals surface area contributed by atoms with E-state index in [1.165, 1.54) is 22.9 Å². The number of hydrogen-bond acceptors (Lipinski definition) is 3. The van der Waals surface area contributed by atoms with Gasteiger partial charge in [0.25, 0.3) is 5.91 Å². The molecule has 25 heavy (non-hydrogen) atoms. The van der Waals surface area contributed by atoms with Crippen molar-refractivity contribution in [1.29, 1.82) is 0 Å². The molecule has 1 aromatic carbocycles. The van der Waals surface area contributed by atoms with Crippen LogP contribution in [0.25, 0.3) is 10.9 Å². The Balaban J connectivity index is 1.37. The van der Waals surface area contributed by atoms with E-state index in [2.05, 4.69) is 44.6 Å². The zero-order valence-corrected chi connectivity index (χ0v) is 14.4. The molecule has 1 atom stereocenters. The van der Waals surface area contributed by atoms with Gasteiger partial charge in [0.05, 0.1) is 11.8 Å². The van der Waals surface area contributed by atoms with E-state index in [1.807, 2.05) is 13.2 Å². The summed E-state index contributed by atoms with van der Waals surface area (Å²) in [4.78, 5) is 17.9. The lowest BCUT2D eigenvalue weighted by molar-refractivity contribution is 0.0939. The van der Waals surface area contributed by atoms with E-state index in [0.717, 1.165) is 19.5 Å². The van der Waals surface area contributed by atoms with E-state index in [-0.39, 0.29) is 5.91 Å². The fourth-order valence-corrected chi connectivity index (χ4v) is 3.61. The molecule has 1 fully saturated rings. The van der Waals surface area contributed by atoms with Crippen LogP contribution in [0.2, 0.25) is 0 Å². The van der Waals surface area contributed by atoms with Crippen LogP contribution in [-0.2, 0) is 13.6 Å². The Morgan fingerprint density at radius 1 is 1.40 bits per heavy atom. The van der Waals surface area contributed by atoms with Gasteiger partial charge in [0.2, 0.25) is 0 Å². The number of benzene rings is 1. The van der Waals surface area contributed by atoms with Crippen LogP contribution in [0.1, 0.15) is 28.8 Å². The number of fused-ring (bicyclic) bond motifs is 1. The monoisotopic (exact) mass is 337 g/mol. The predicted molar refractivity (Wildman–Crippen MR) is 97.3 cm³/mol. The number of aromatic amines is 1. The van der Waals surface area contributed by atoms with Crippen LogP contribution < -0.4 is 5.32 Å². The quantitative estimate of drug-likeness (QED) is 0.751. The Morgan fingerprint density at radius 2 is 2.32 bits per heavy atom. The largest absolute Gasteiger partial charge is 0.361 e. The SMILES string of the molecule is Cn1cc(C(=O)NCC2CCCN2Cc2ccc3cc[nH]c3c2)cn1. The van der Waals surface area contributed by atoms with Crippen molar-refractivity contribution >= 4 is 16.8 Å². The first kappa shape index (κ1) is 15.9. The minimum atomic E-state index is -0.0484. The third-order valence-electron chi connectivity index (χ3n) is 4.97. The average Bonchev–Trinajstić information content (AvgIpc) is 3.33. The van der Waals surface area contributed by atoms with Gasteiger partial charge in [-0.15, -0.1) is 0 Å². The van der Waals surface area contributed by atoms with E-state index in [9.17, 15) is 4.79 Å². The molecule has 1 saturated heterocycles.